The van der Waals surface area contributed by atoms with Crippen LogP contribution in [0.4, 0.5) is 4.39 Å². The molecular weight excluding hydrogens is 261 g/mol. The zero-order chi connectivity index (χ0) is 13.8. The molecular formula is C11H10FNO4S. The second kappa shape index (κ2) is 5.62. The van der Waals surface area contributed by atoms with E-state index in [0.717, 1.165) is 18.2 Å². The summed E-state index contributed by atoms with van der Waals surface area (Å²) in [6.45, 7) is 1.78. The average Bonchev–Trinajstić information content (AvgIpc) is 2.26. The molecule has 18 heavy (non-hydrogen) atoms. The van der Waals surface area contributed by atoms with Gasteiger partial charge in [-0.25, -0.2) is 22.7 Å². The van der Waals surface area contributed by atoms with Crippen molar-refractivity contribution in [3.63, 3.8) is 0 Å². The quantitative estimate of drug-likeness (QED) is 0.622. The second-order valence-corrected chi connectivity index (χ2v) is 4.72. The van der Waals surface area contributed by atoms with Crippen LogP contribution in [0.3, 0.4) is 0 Å². The Kier molecular flexibility index (Phi) is 4.42. The molecule has 0 atom stereocenters. The molecule has 0 saturated heterocycles. The number of rotatable bonds is 2. The Hall–Kier alpha value is -1.91. The lowest BCUT2D eigenvalue weighted by atomic mass is 10.2. The molecule has 0 amide bonds. The summed E-state index contributed by atoms with van der Waals surface area (Å²) in [4.78, 5) is 10.6. The van der Waals surface area contributed by atoms with Gasteiger partial charge in [0.1, 0.15) is 5.82 Å². The molecule has 0 aliphatic rings. The number of esters is 1. The molecule has 0 bridgehead atoms. The maximum absolute atomic E-state index is 13.4. The maximum atomic E-state index is 13.4. The van der Waals surface area contributed by atoms with Gasteiger partial charge in [-0.3, -0.25) is 0 Å². The van der Waals surface area contributed by atoms with E-state index in [2.05, 4.69) is 16.6 Å². The molecule has 0 aliphatic carbocycles. The molecule has 0 unspecified atom stereocenters. The van der Waals surface area contributed by atoms with Crippen LogP contribution < -0.4 is 5.14 Å². The molecule has 96 valence electrons. The van der Waals surface area contributed by atoms with E-state index < -0.39 is 21.8 Å². The predicted octanol–water partition coefficient (Wildman–Crippen LogP) is 0.388. The molecule has 0 aromatic heterocycles. The summed E-state index contributed by atoms with van der Waals surface area (Å²) in [7, 11) is -3.96. The van der Waals surface area contributed by atoms with Crippen LogP contribution in [-0.2, 0) is 19.6 Å². The molecule has 0 fully saturated rings. The Labute approximate surface area is 104 Å². The SMILES string of the molecule is CCOC(=O)C#Cc1ccc(S(N)(=O)=O)cc1F. The average molecular weight is 271 g/mol. The minimum Gasteiger partial charge on any atom is -0.456 e. The zero-order valence-electron chi connectivity index (χ0n) is 9.44. The largest absolute Gasteiger partial charge is 0.456 e. The number of carbonyl (C=O) groups is 1. The third-order valence-electron chi connectivity index (χ3n) is 1.84. The van der Waals surface area contributed by atoms with Crippen LogP contribution in [-0.4, -0.2) is 21.0 Å². The van der Waals surface area contributed by atoms with Gasteiger partial charge >= 0.3 is 5.97 Å². The summed E-state index contributed by atoms with van der Waals surface area (Å²) in [5.74, 6) is 2.65. The first kappa shape index (κ1) is 14.2. The van der Waals surface area contributed by atoms with Gasteiger partial charge in [0.25, 0.3) is 0 Å². The molecule has 0 heterocycles. The molecule has 0 radical (unpaired) electrons. The van der Waals surface area contributed by atoms with Crippen molar-refractivity contribution in [2.24, 2.45) is 5.14 Å². The fourth-order valence-corrected chi connectivity index (χ4v) is 1.59. The molecule has 1 aromatic carbocycles. The summed E-state index contributed by atoms with van der Waals surface area (Å²) in [5, 5.41) is 4.83. The van der Waals surface area contributed by atoms with Crippen LogP contribution in [0, 0.1) is 17.7 Å². The van der Waals surface area contributed by atoms with E-state index in [1.54, 1.807) is 6.92 Å². The fraction of sp³-hybridized carbons (Fsp3) is 0.182. The zero-order valence-corrected chi connectivity index (χ0v) is 10.3. The highest BCUT2D eigenvalue weighted by molar-refractivity contribution is 7.89. The van der Waals surface area contributed by atoms with E-state index in [0.29, 0.717) is 0 Å². The van der Waals surface area contributed by atoms with Gasteiger partial charge in [0, 0.05) is 5.92 Å². The van der Waals surface area contributed by atoms with Crippen molar-refractivity contribution in [2.45, 2.75) is 11.8 Å². The molecule has 2 N–H and O–H groups in total. The number of carbonyl (C=O) groups excluding carboxylic acids is 1. The molecule has 5 nitrogen and oxygen atoms in total. The molecule has 0 aliphatic heterocycles. The molecule has 1 rings (SSSR count). The van der Waals surface area contributed by atoms with Crippen LogP contribution in [0.5, 0.6) is 0 Å². The van der Waals surface area contributed by atoms with Crippen LogP contribution in [0.2, 0.25) is 0 Å². The Balaban J connectivity index is 3.04. The Morgan fingerprint density at radius 3 is 2.67 bits per heavy atom. The third kappa shape index (κ3) is 3.84. The number of benzene rings is 1. The van der Waals surface area contributed by atoms with Gasteiger partial charge < -0.3 is 4.74 Å². The van der Waals surface area contributed by atoms with Gasteiger partial charge in [0.15, 0.2) is 0 Å². The highest BCUT2D eigenvalue weighted by Gasteiger charge is 2.10. The van der Waals surface area contributed by atoms with E-state index in [1.807, 2.05) is 0 Å². The first-order valence-corrected chi connectivity index (χ1v) is 6.40. The van der Waals surface area contributed by atoms with E-state index in [4.69, 9.17) is 5.14 Å². The number of halogens is 1. The molecule has 0 spiro atoms. The van der Waals surface area contributed by atoms with Crippen LogP contribution in [0.15, 0.2) is 23.1 Å². The van der Waals surface area contributed by atoms with Gasteiger partial charge in [0.05, 0.1) is 17.1 Å². The lowest BCUT2D eigenvalue weighted by Crippen LogP contribution is -2.12. The third-order valence-corrected chi connectivity index (χ3v) is 2.75. The number of sulfonamides is 1. The summed E-state index contributed by atoms with van der Waals surface area (Å²) >= 11 is 0. The van der Waals surface area contributed by atoms with E-state index >= 15 is 0 Å². The van der Waals surface area contributed by atoms with E-state index in [1.165, 1.54) is 0 Å². The Morgan fingerprint density at radius 2 is 2.17 bits per heavy atom. The summed E-state index contributed by atoms with van der Waals surface area (Å²) in [6.07, 6.45) is 0. The van der Waals surface area contributed by atoms with Crippen LogP contribution in [0.1, 0.15) is 12.5 Å². The van der Waals surface area contributed by atoms with E-state index in [9.17, 15) is 17.6 Å². The monoisotopic (exact) mass is 271 g/mol. The second-order valence-electron chi connectivity index (χ2n) is 3.16. The van der Waals surface area contributed by atoms with Gasteiger partial charge in [0.2, 0.25) is 10.0 Å². The number of ether oxygens (including phenoxy) is 1. The predicted molar refractivity (Wildman–Crippen MR) is 61.3 cm³/mol. The van der Waals surface area contributed by atoms with Crippen molar-refractivity contribution in [1.82, 2.24) is 0 Å². The fourth-order valence-electron chi connectivity index (χ4n) is 1.06. The van der Waals surface area contributed by atoms with Crippen LogP contribution >= 0.6 is 0 Å². The van der Waals surface area contributed by atoms with Crippen molar-refractivity contribution in [1.29, 1.82) is 0 Å². The smallest absolute Gasteiger partial charge is 0.384 e. The van der Waals surface area contributed by atoms with Crippen molar-refractivity contribution in [3.8, 4) is 11.8 Å². The topological polar surface area (TPSA) is 86.5 Å². The summed E-state index contributed by atoms with van der Waals surface area (Å²) in [6, 6.07) is 2.97. The summed E-state index contributed by atoms with van der Waals surface area (Å²) in [5.41, 5.74) is -0.115. The number of nitrogens with two attached hydrogens (primary N) is 1. The van der Waals surface area contributed by atoms with Gasteiger partial charge in [-0.2, -0.15) is 0 Å². The Bertz CT molecular complexity index is 628. The number of primary sulfonamides is 1. The van der Waals surface area contributed by atoms with Crippen molar-refractivity contribution in [3.05, 3.63) is 29.6 Å². The minimum atomic E-state index is -3.96. The number of hydrogen-bond donors (Lipinski definition) is 1. The van der Waals surface area contributed by atoms with Gasteiger partial charge in [-0.15, -0.1) is 0 Å². The van der Waals surface area contributed by atoms with Gasteiger partial charge in [-0.1, -0.05) is 5.92 Å². The van der Waals surface area contributed by atoms with Crippen molar-refractivity contribution >= 4 is 16.0 Å². The Morgan fingerprint density at radius 1 is 1.50 bits per heavy atom. The number of hydrogen-bond acceptors (Lipinski definition) is 4. The molecule has 1 aromatic rings. The van der Waals surface area contributed by atoms with Gasteiger partial charge in [-0.05, 0) is 25.1 Å². The van der Waals surface area contributed by atoms with Crippen molar-refractivity contribution in [2.75, 3.05) is 6.61 Å². The minimum absolute atomic E-state index is 0.115. The first-order valence-electron chi connectivity index (χ1n) is 4.85. The maximum Gasteiger partial charge on any atom is 0.384 e. The first-order chi connectivity index (χ1) is 8.34. The standard InChI is InChI=1S/C11H10FNO4S/c1-2-17-11(14)6-4-8-3-5-9(7-10(8)12)18(13,15)16/h3,5,7H,2H2,1H3,(H2,13,15,16). The molecule has 7 heteroatoms. The molecule has 0 saturated carbocycles. The highest BCUT2D eigenvalue weighted by Crippen LogP contribution is 2.12. The van der Waals surface area contributed by atoms with Crippen LogP contribution in [0.25, 0.3) is 0 Å². The summed E-state index contributed by atoms with van der Waals surface area (Å²) < 4.78 is 39.9. The van der Waals surface area contributed by atoms with Crippen molar-refractivity contribution < 1.29 is 22.3 Å². The lowest BCUT2D eigenvalue weighted by molar-refractivity contribution is -0.136. The normalized spacial score (nSPS) is 10.4. The van der Waals surface area contributed by atoms with E-state index in [-0.39, 0.29) is 17.1 Å². The highest BCUT2D eigenvalue weighted by atomic mass is 32.2. The lowest BCUT2D eigenvalue weighted by Gasteiger charge is -1.99.